The van der Waals surface area contributed by atoms with Crippen molar-refractivity contribution < 1.29 is 19.7 Å². The molecule has 0 saturated heterocycles. The molecule has 3 saturated carbocycles. The third-order valence-electron chi connectivity index (χ3n) is 7.34. The van der Waals surface area contributed by atoms with Gasteiger partial charge in [0.2, 0.25) is 0 Å². The molecule has 140 valence electrons. The smallest absolute Gasteiger partial charge is 0.174 e. The van der Waals surface area contributed by atoms with Gasteiger partial charge in [0.1, 0.15) is 0 Å². The summed E-state index contributed by atoms with van der Waals surface area (Å²) < 4.78 is 6.05. The van der Waals surface area contributed by atoms with Gasteiger partial charge in [0.05, 0.1) is 11.0 Å². The van der Waals surface area contributed by atoms with Gasteiger partial charge in [-0.15, -0.1) is 0 Å². The minimum absolute atomic E-state index is 0.0414. The van der Waals surface area contributed by atoms with Gasteiger partial charge >= 0.3 is 0 Å². The average molecular weight is 357 g/mol. The summed E-state index contributed by atoms with van der Waals surface area (Å²) in [7, 11) is 0. The second-order valence-electron chi connectivity index (χ2n) is 8.98. The van der Waals surface area contributed by atoms with Crippen LogP contribution in [0.2, 0.25) is 0 Å². The van der Waals surface area contributed by atoms with Crippen molar-refractivity contribution in [2.75, 3.05) is 6.54 Å². The first kappa shape index (κ1) is 16.6. The predicted molar refractivity (Wildman–Crippen MR) is 96.4 cm³/mol. The maximum absolute atomic E-state index is 12.8. The van der Waals surface area contributed by atoms with Crippen molar-refractivity contribution in [3.8, 4) is 11.5 Å². The first-order chi connectivity index (χ1) is 12.4. The minimum atomic E-state index is -1.04. The summed E-state index contributed by atoms with van der Waals surface area (Å²) in [4.78, 5) is 12.8. The van der Waals surface area contributed by atoms with Crippen LogP contribution < -0.4 is 10.1 Å². The number of fused-ring (bicyclic) bond motifs is 1. The third-order valence-corrected chi connectivity index (χ3v) is 7.34. The van der Waals surface area contributed by atoms with E-state index < -0.39 is 17.1 Å². The lowest BCUT2D eigenvalue weighted by Gasteiger charge is -2.48. The number of phenolic OH excluding ortho intramolecular Hbond substituents is 1. The van der Waals surface area contributed by atoms with Crippen LogP contribution in [0.1, 0.15) is 50.2 Å². The summed E-state index contributed by atoms with van der Waals surface area (Å²) in [5, 5.41) is 26.1. The summed E-state index contributed by atoms with van der Waals surface area (Å²) >= 11 is 0. The number of aliphatic hydroxyl groups is 1. The molecular formula is C21H27NO4. The fraction of sp³-hybridized carbons (Fsp3) is 0.667. The molecule has 5 rings (SSSR count). The molecule has 1 aromatic rings. The number of ether oxygens (including phenoxy) is 1. The van der Waals surface area contributed by atoms with Crippen molar-refractivity contribution in [2.45, 2.75) is 69.1 Å². The number of carbonyl (C=O) groups excluding carboxylic acids is 1. The average Bonchev–Trinajstić information content (AvgIpc) is 3.30. The maximum Gasteiger partial charge on any atom is 0.174 e. The molecule has 3 aliphatic carbocycles. The van der Waals surface area contributed by atoms with Crippen LogP contribution in [-0.4, -0.2) is 40.3 Å². The maximum atomic E-state index is 12.8. The molecule has 26 heavy (non-hydrogen) atoms. The number of aromatic hydroxyl groups is 1. The summed E-state index contributed by atoms with van der Waals surface area (Å²) in [5.41, 5.74) is 0.0224. The van der Waals surface area contributed by atoms with Crippen LogP contribution in [0.15, 0.2) is 12.1 Å². The van der Waals surface area contributed by atoms with E-state index in [0.29, 0.717) is 25.0 Å². The Labute approximate surface area is 153 Å². The molecule has 1 aromatic carbocycles. The zero-order valence-corrected chi connectivity index (χ0v) is 15.4. The van der Waals surface area contributed by atoms with Crippen LogP contribution >= 0.6 is 0 Å². The number of nitrogens with one attached hydrogen (secondary N) is 1. The number of carbonyl (C=O) groups is 1. The van der Waals surface area contributed by atoms with E-state index in [1.54, 1.807) is 6.07 Å². The number of phenols is 1. The van der Waals surface area contributed by atoms with Gasteiger partial charge in [-0.05, 0) is 62.6 Å². The summed E-state index contributed by atoms with van der Waals surface area (Å²) in [6, 6.07) is 3.42. The van der Waals surface area contributed by atoms with E-state index in [1.807, 2.05) is 13.0 Å². The van der Waals surface area contributed by atoms with Crippen molar-refractivity contribution in [1.82, 2.24) is 5.32 Å². The lowest BCUT2D eigenvalue weighted by molar-refractivity contribution is -0.147. The topological polar surface area (TPSA) is 78.8 Å². The SMILES string of the molecule is Cc1ccc(O)c2c1[C@]13CC(C)[C@@H](NCC4CC4)[C@]1(O)CCC(=O)[C@@H]3O2. The molecule has 3 N–H and O–H groups in total. The van der Waals surface area contributed by atoms with Gasteiger partial charge in [-0.3, -0.25) is 4.79 Å². The van der Waals surface area contributed by atoms with E-state index in [9.17, 15) is 15.0 Å². The first-order valence-electron chi connectivity index (χ1n) is 9.86. The molecule has 1 aliphatic heterocycles. The fourth-order valence-corrected chi connectivity index (χ4v) is 6.05. The first-order valence-corrected chi connectivity index (χ1v) is 9.86. The number of benzene rings is 1. The standard InChI is InChI=1S/C21H27NO4/c1-11-3-6-14(23)17-16(11)20-9-12(2)18(22-10-13-4-5-13)21(20,25)8-7-15(24)19(20)26-17/h3,6,12-13,18-19,22-23,25H,4-5,7-10H2,1-2H3/t12?,18-,19+,20+,21-/m1/s1. The van der Waals surface area contributed by atoms with Crippen LogP contribution in [0.3, 0.4) is 0 Å². The molecule has 1 unspecified atom stereocenters. The van der Waals surface area contributed by atoms with Crippen molar-refractivity contribution in [2.24, 2.45) is 11.8 Å². The van der Waals surface area contributed by atoms with Crippen LogP contribution in [-0.2, 0) is 10.2 Å². The van der Waals surface area contributed by atoms with Crippen LogP contribution in [0.5, 0.6) is 11.5 Å². The molecule has 1 heterocycles. The number of aryl methyl sites for hydroxylation is 1. The summed E-state index contributed by atoms with van der Waals surface area (Å²) in [5.74, 6) is 1.45. The predicted octanol–water partition coefficient (Wildman–Crippen LogP) is 2.20. The van der Waals surface area contributed by atoms with E-state index >= 15 is 0 Å². The highest BCUT2D eigenvalue weighted by molar-refractivity contribution is 5.89. The Balaban J connectivity index is 1.66. The second kappa shape index (κ2) is 5.23. The Morgan fingerprint density at radius 3 is 2.85 bits per heavy atom. The van der Waals surface area contributed by atoms with Crippen molar-refractivity contribution >= 4 is 5.78 Å². The highest BCUT2D eigenvalue weighted by atomic mass is 16.5. The van der Waals surface area contributed by atoms with Crippen molar-refractivity contribution in [3.05, 3.63) is 23.3 Å². The Morgan fingerprint density at radius 1 is 1.35 bits per heavy atom. The molecule has 0 amide bonds. The number of ketones is 1. The highest BCUT2D eigenvalue weighted by Gasteiger charge is 2.73. The fourth-order valence-electron chi connectivity index (χ4n) is 6.05. The number of hydrogen-bond acceptors (Lipinski definition) is 5. The number of rotatable bonds is 3. The molecule has 5 heteroatoms. The highest BCUT2D eigenvalue weighted by Crippen LogP contribution is 2.64. The molecule has 3 fully saturated rings. The van der Waals surface area contributed by atoms with Gasteiger partial charge in [-0.2, -0.15) is 0 Å². The normalized spacial score (nSPS) is 40.7. The van der Waals surface area contributed by atoms with E-state index in [2.05, 4.69) is 12.2 Å². The molecule has 5 nitrogen and oxygen atoms in total. The molecule has 0 radical (unpaired) electrons. The van der Waals surface area contributed by atoms with Gasteiger partial charge in [0.25, 0.3) is 0 Å². The number of Topliss-reactive ketones (excluding diaryl/α,β-unsaturated/α-hetero) is 1. The van der Waals surface area contributed by atoms with Gasteiger partial charge in [0.15, 0.2) is 23.4 Å². The van der Waals surface area contributed by atoms with E-state index in [4.69, 9.17) is 4.74 Å². The van der Waals surface area contributed by atoms with E-state index in [-0.39, 0.29) is 23.5 Å². The van der Waals surface area contributed by atoms with Crippen LogP contribution in [0.4, 0.5) is 0 Å². The van der Waals surface area contributed by atoms with Gasteiger partial charge in [-0.25, -0.2) is 0 Å². The van der Waals surface area contributed by atoms with Crippen molar-refractivity contribution in [3.63, 3.8) is 0 Å². The third kappa shape index (κ3) is 1.91. The largest absolute Gasteiger partial charge is 0.504 e. The molecular weight excluding hydrogens is 330 g/mol. The Kier molecular flexibility index (Phi) is 3.33. The zero-order valence-electron chi connectivity index (χ0n) is 15.4. The summed E-state index contributed by atoms with van der Waals surface area (Å²) in [6.45, 7) is 5.07. The van der Waals surface area contributed by atoms with Gasteiger partial charge in [0, 0.05) is 18.0 Å². The van der Waals surface area contributed by atoms with Gasteiger partial charge < -0.3 is 20.3 Å². The molecule has 0 aromatic heterocycles. The second-order valence-corrected chi connectivity index (χ2v) is 8.98. The van der Waals surface area contributed by atoms with Crippen molar-refractivity contribution in [1.29, 1.82) is 0 Å². The zero-order chi connectivity index (χ0) is 18.3. The summed E-state index contributed by atoms with van der Waals surface area (Å²) in [6.07, 6.45) is 3.30. The molecule has 1 spiro atoms. The Hall–Kier alpha value is -1.59. The molecule has 0 bridgehead atoms. The monoisotopic (exact) mass is 357 g/mol. The molecule has 5 atom stereocenters. The van der Waals surface area contributed by atoms with Crippen LogP contribution in [0, 0.1) is 18.8 Å². The molecule has 4 aliphatic rings. The van der Waals surface area contributed by atoms with E-state index in [1.165, 1.54) is 12.8 Å². The quantitative estimate of drug-likeness (QED) is 0.773. The van der Waals surface area contributed by atoms with Gasteiger partial charge in [-0.1, -0.05) is 13.0 Å². The minimum Gasteiger partial charge on any atom is -0.504 e. The Morgan fingerprint density at radius 2 is 2.12 bits per heavy atom. The Bertz CT molecular complexity index is 788. The lowest BCUT2D eigenvalue weighted by Crippen LogP contribution is -2.66. The van der Waals surface area contributed by atoms with E-state index in [0.717, 1.165) is 23.6 Å². The lowest BCUT2D eigenvalue weighted by atomic mass is 9.59. The van der Waals surface area contributed by atoms with Crippen LogP contribution in [0.25, 0.3) is 0 Å². The number of hydrogen-bond donors (Lipinski definition) is 3.